The van der Waals surface area contributed by atoms with E-state index in [1.807, 2.05) is 6.92 Å². The van der Waals surface area contributed by atoms with Crippen LogP contribution in [0.25, 0.3) is 0 Å². The molecule has 2 aromatic heterocycles. The fourth-order valence-electron chi connectivity index (χ4n) is 4.89. The topological polar surface area (TPSA) is 134 Å². The first-order valence-corrected chi connectivity index (χ1v) is 13.2. The van der Waals surface area contributed by atoms with Crippen LogP contribution in [-0.2, 0) is 40.5 Å². The number of amides is 2. The first-order valence-electron chi connectivity index (χ1n) is 11.6. The average Bonchev–Trinajstić information content (AvgIpc) is 3.50. The Morgan fingerprint density at radius 2 is 2.24 bits per heavy atom. The molecule has 0 radical (unpaired) electrons. The van der Waals surface area contributed by atoms with Gasteiger partial charge in [0.1, 0.15) is 17.6 Å². The zero-order chi connectivity index (χ0) is 23.2. The Hall–Kier alpha value is -2.50. The zero-order valence-corrected chi connectivity index (χ0v) is 19.8. The van der Waals surface area contributed by atoms with Crippen molar-refractivity contribution in [3.05, 3.63) is 28.7 Å². The molecular weight excluding hydrogens is 444 g/mol. The van der Waals surface area contributed by atoms with Gasteiger partial charge in [0.2, 0.25) is 5.88 Å². The maximum Gasteiger partial charge on any atom is 0.354 e. The number of rotatable bonds is 5. The third kappa shape index (κ3) is 4.13. The van der Waals surface area contributed by atoms with Crippen molar-refractivity contribution in [1.82, 2.24) is 14.8 Å². The Balaban J connectivity index is 1.40. The van der Waals surface area contributed by atoms with E-state index in [2.05, 4.69) is 21.7 Å². The maximum absolute atomic E-state index is 13.3. The number of carbonyl (C=O) groups is 1. The smallest absolute Gasteiger partial charge is 0.354 e. The van der Waals surface area contributed by atoms with Gasteiger partial charge in [-0.2, -0.15) is 5.10 Å². The summed E-state index contributed by atoms with van der Waals surface area (Å²) in [5, 5.41) is 13.2. The first-order chi connectivity index (χ1) is 15.9. The van der Waals surface area contributed by atoms with Gasteiger partial charge in [0.25, 0.3) is 0 Å². The van der Waals surface area contributed by atoms with Crippen LogP contribution in [0.2, 0.25) is 0 Å². The van der Waals surface area contributed by atoms with E-state index in [1.165, 1.54) is 6.20 Å². The number of aryl methyl sites for hydroxylation is 1. The number of hydrogen-bond donors (Lipinski definition) is 2. The van der Waals surface area contributed by atoms with Crippen molar-refractivity contribution in [3.63, 3.8) is 0 Å². The zero-order valence-electron chi connectivity index (χ0n) is 19.0. The lowest BCUT2D eigenvalue weighted by molar-refractivity contribution is -0.0131. The molecule has 3 aliphatic rings. The van der Waals surface area contributed by atoms with Gasteiger partial charge < -0.3 is 14.8 Å². The highest BCUT2D eigenvalue weighted by atomic mass is 32.2. The normalized spacial score (nSPS) is 22.6. The minimum atomic E-state index is -3.55. The Morgan fingerprint density at radius 1 is 1.39 bits per heavy atom. The standard InChI is InChI=1S/C22H30N6O4S/c1-3-9-31-14-11-28-21(32-12-14)18(10-24-28)33(23,30)27-22(29)26-20-15-5-4-6-17(15)25-19-13(2)7-8-16(19)20/h10,13-14H,3-9,11-12H2,1-2H3,(H3,23,25,26,27,29,30). The van der Waals surface area contributed by atoms with Crippen molar-refractivity contribution in [1.29, 1.82) is 0 Å². The fourth-order valence-corrected chi connectivity index (χ4v) is 5.89. The van der Waals surface area contributed by atoms with Gasteiger partial charge in [-0.1, -0.05) is 13.8 Å². The van der Waals surface area contributed by atoms with Crippen LogP contribution in [0.4, 0.5) is 10.5 Å². The van der Waals surface area contributed by atoms with Crippen molar-refractivity contribution < 1.29 is 18.5 Å². The largest absolute Gasteiger partial charge is 0.474 e. The van der Waals surface area contributed by atoms with Crippen LogP contribution in [0.15, 0.2) is 15.5 Å². The lowest BCUT2D eigenvalue weighted by Gasteiger charge is -2.24. The van der Waals surface area contributed by atoms with Crippen molar-refractivity contribution in [2.45, 2.75) is 75.8 Å². The first kappa shape index (κ1) is 22.3. The van der Waals surface area contributed by atoms with Crippen molar-refractivity contribution in [3.8, 4) is 5.88 Å². The van der Waals surface area contributed by atoms with E-state index in [0.29, 0.717) is 25.7 Å². The van der Waals surface area contributed by atoms with E-state index >= 15 is 0 Å². The number of urea groups is 1. The van der Waals surface area contributed by atoms with E-state index in [9.17, 15) is 9.00 Å². The molecule has 2 amide bonds. The average molecular weight is 475 g/mol. The molecule has 1 aliphatic heterocycles. The molecule has 0 aromatic carbocycles. The van der Waals surface area contributed by atoms with Crippen LogP contribution in [-0.4, -0.2) is 44.3 Å². The molecule has 3 unspecified atom stereocenters. The molecule has 5 rings (SSSR count). The van der Waals surface area contributed by atoms with Crippen LogP contribution >= 0.6 is 0 Å². The molecule has 10 nitrogen and oxygen atoms in total. The highest BCUT2D eigenvalue weighted by molar-refractivity contribution is 7.91. The number of pyridine rings is 1. The molecular formula is C22H30N6O4S. The molecule has 0 saturated carbocycles. The van der Waals surface area contributed by atoms with Gasteiger partial charge in [-0.05, 0) is 55.6 Å². The summed E-state index contributed by atoms with van der Waals surface area (Å²) in [5.41, 5.74) is 5.02. The molecule has 3 heterocycles. The molecule has 2 aromatic rings. The maximum atomic E-state index is 13.3. The minimum absolute atomic E-state index is 0.116. The summed E-state index contributed by atoms with van der Waals surface area (Å²) in [7, 11) is -3.55. The van der Waals surface area contributed by atoms with Gasteiger partial charge in [-0.15, -0.1) is 4.36 Å². The summed E-state index contributed by atoms with van der Waals surface area (Å²) in [6.07, 6.45) is 6.77. The molecule has 3 atom stereocenters. The molecule has 0 saturated heterocycles. The highest BCUT2D eigenvalue weighted by Gasteiger charge is 2.31. The summed E-state index contributed by atoms with van der Waals surface area (Å²) in [4.78, 5) is 17.9. The number of ether oxygens (including phenoxy) is 2. The summed E-state index contributed by atoms with van der Waals surface area (Å²) in [6.45, 7) is 5.58. The third-order valence-electron chi connectivity index (χ3n) is 6.52. The van der Waals surface area contributed by atoms with Gasteiger partial charge in [0.05, 0.1) is 18.4 Å². The van der Waals surface area contributed by atoms with E-state index in [1.54, 1.807) is 4.68 Å². The molecule has 178 valence electrons. The van der Waals surface area contributed by atoms with E-state index < -0.39 is 15.9 Å². The Labute approximate surface area is 193 Å². The number of anilines is 1. The molecule has 2 aliphatic carbocycles. The van der Waals surface area contributed by atoms with Gasteiger partial charge >= 0.3 is 6.03 Å². The molecule has 0 fully saturated rings. The lowest BCUT2D eigenvalue weighted by Crippen LogP contribution is -2.33. The van der Waals surface area contributed by atoms with Crippen LogP contribution < -0.4 is 15.2 Å². The van der Waals surface area contributed by atoms with Crippen LogP contribution in [0.3, 0.4) is 0 Å². The monoisotopic (exact) mass is 474 g/mol. The second-order valence-corrected chi connectivity index (χ2v) is 10.7. The minimum Gasteiger partial charge on any atom is -0.474 e. The van der Waals surface area contributed by atoms with Crippen LogP contribution in [0.1, 0.15) is 61.5 Å². The Bertz CT molecular complexity index is 1220. The van der Waals surface area contributed by atoms with Crippen molar-refractivity contribution in [2.24, 2.45) is 9.50 Å². The second kappa shape index (κ2) is 8.69. The summed E-state index contributed by atoms with van der Waals surface area (Å²) >= 11 is 0. The van der Waals surface area contributed by atoms with E-state index in [4.69, 9.17) is 19.6 Å². The Kier molecular flexibility index (Phi) is 5.87. The molecule has 3 N–H and O–H groups in total. The van der Waals surface area contributed by atoms with E-state index in [0.717, 1.165) is 66.7 Å². The van der Waals surface area contributed by atoms with Crippen molar-refractivity contribution in [2.75, 3.05) is 18.5 Å². The van der Waals surface area contributed by atoms with Crippen LogP contribution in [0.5, 0.6) is 5.88 Å². The number of nitrogens with zero attached hydrogens (tertiary/aromatic N) is 4. The summed E-state index contributed by atoms with van der Waals surface area (Å²) in [5.74, 6) is 0.633. The Morgan fingerprint density at radius 3 is 3.06 bits per heavy atom. The fraction of sp³-hybridized carbons (Fsp3) is 0.591. The number of aromatic nitrogens is 3. The number of nitrogens with one attached hydrogen (secondary N) is 1. The molecule has 11 heteroatoms. The molecule has 0 spiro atoms. The summed E-state index contributed by atoms with van der Waals surface area (Å²) in [6, 6.07) is -0.732. The van der Waals surface area contributed by atoms with Gasteiger partial charge in [0, 0.05) is 18.0 Å². The second-order valence-electron chi connectivity index (χ2n) is 8.96. The number of carbonyl (C=O) groups excluding carboxylic acids is 1. The number of nitrogens with two attached hydrogens (primary N) is 1. The summed E-state index contributed by atoms with van der Waals surface area (Å²) < 4.78 is 30.1. The molecule has 33 heavy (non-hydrogen) atoms. The quantitative estimate of drug-likeness (QED) is 0.684. The predicted molar refractivity (Wildman–Crippen MR) is 123 cm³/mol. The molecule has 0 bridgehead atoms. The SMILES string of the molecule is CCCOC1COc2c(S(N)(=O)=NC(=O)Nc3c4c(nc5c3CCC5C)CCC4)cnn2C1. The van der Waals surface area contributed by atoms with Gasteiger partial charge in [-0.25, -0.2) is 18.8 Å². The highest BCUT2D eigenvalue weighted by Crippen LogP contribution is 2.41. The van der Waals surface area contributed by atoms with Crippen LogP contribution in [0, 0.1) is 0 Å². The number of hydrogen-bond acceptors (Lipinski definition) is 6. The number of fused-ring (bicyclic) bond motifs is 3. The van der Waals surface area contributed by atoms with E-state index in [-0.39, 0.29) is 16.9 Å². The lowest BCUT2D eigenvalue weighted by atomic mass is 10.0. The van der Waals surface area contributed by atoms with Gasteiger partial charge in [-0.3, -0.25) is 4.98 Å². The third-order valence-corrected chi connectivity index (χ3v) is 7.86. The van der Waals surface area contributed by atoms with Crippen molar-refractivity contribution >= 4 is 21.6 Å². The van der Waals surface area contributed by atoms with Gasteiger partial charge in [0.15, 0.2) is 9.92 Å². The predicted octanol–water partition coefficient (Wildman–Crippen LogP) is 2.94.